The molecule has 1 aromatic carbocycles. The van der Waals surface area contributed by atoms with Gasteiger partial charge in [0, 0.05) is 42.8 Å². The molecule has 2 aliphatic rings. The van der Waals surface area contributed by atoms with Gasteiger partial charge in [0.05, 0.1) is 0 Å². The maximum absolute atomic E-state index is 12.7. The van der Waals surface area contributed by atoms with Gasteiger partial charge in [-0.05, 0) is 49.4 Å². The first-order chi connectivity index (χ1) is 11.5. The number of benzene rings is 1. The fraction of sp³-hybridized carbons (Fsp3) is 0.444. The molecule has 0 aliphatic carbocycles. The van der Waals surface area contributed by atoms with Crippen LogP contribution < -0.4 is 16.3 Å². The minimum Gasteiger partial charge on any atom is -0.423 e. The molecule has 2 saturated heterocycles. The van der Waals surface area contributed by atoms with Gasteiger partial charge >= 0.3 is 11.7 Å². The molecule has 2 atom stereocenters. The average Bonchev–Trinajstić information content (AvgIpc) is 3.11. The van der Waals surface area contributed by atoms with Crippen LogP contribution >= 0.6 is 12.4 Å². The van der Waals surface area contributed by atoms with Gasteiger partial charge in [-0.2, -0.15) is 0 Å². The topological polar surface area (TPSA) is 74.6 Å². The summed E-state index contributed by atoms with van der Waals surface area (Å²) < 4.78 is 5.25. The lowest BCUT2D eigenvalue weighted by Gasteiger charge is -2.24. The number of carbonyl (C=O) groups is 1. The Hall–Kier alpha value is -2.05. The van der Waals surface area contributed by atoms with Crippen molar-refractivity contribution in [1.29, 1.82) is 0 Å². The molecule has 0 bridgehead atoms. The van der Waals surface area contributed by atoms with E-state index in [1.807, 2.05) is 30.9 Å². The second kappa shape index (κ2) is 6.69. The molecule has 2 aromatic rings. The second-order valence-corrected chi connectivity index (χ2v) is 6.81. The molecule has 3 heterocycles. The first-order valence-electron chi connectivity index (χ1n) is 8.36. The summed E-state index contributed by atoms with van der Waals surface area (Å²) >= 11 is 0. The van der Waals surface area contributed by atoms with Crippen molar-refractivity contribution in [3.05, 3.63) is 39.7 Å². The van der Waals surface area contributed by atoms with E-state index in [9.17, 15) is 9.59 Å². The minimum absolute atomic E-state index is 0. The lowest BCUT2D eigenvalue weighted by molar-refractivity contribution is 0.206. The van der Waals surface area contributed by atoms with Crippen LogP contribution in [0.15, 0.2) is 27.4 Å². The number of carbonyl (C=O) groups excluding carboxylic acids is 1. The Morgan fingerprint density at radius 1 is 1.24 bits per heavy atom. The Bertz CT molecular complexity index is 880. The van der Waals surface area contributed by atoms with Crippen molar-refractivity contribution in [3.8, 4) is 0 Å². The highest BCUT2D eigenvalue weighted by molar-refractivity contribution is 5.94. The van der Waals surface area contributed by atoms with E-state index in [4.69, 9.17) is 4.42 Å². The second-order valence-electron chi connectivity index (χ2n) is 6.81. The summed E-state index contributed by atoms with van der Waals surface area (Å²) in [6, 6.07) is 5.41. The van der Waals surface area contributed by atoms with Crippen molar-refractivity contribution in [2.75, 3.05) is 25.0 Å². The van der Waals surface area contributed by atoms with Crippen LogP contribution in [0, 0.1) is 19.8 Å². The van der Waals surface area contributed by atoms with Crippen LogP contribution in [-0.4, -0.2) is 36.6 Å². The zero-order valence-electron chi connectivity index (χ0n) is 14.3. The smallest absolute Gasteiger partial charge is 0.336 e. The quantitative estimate of drug-likeness (QED) is 0.764. The largest absolute Gasteiger partial charge is 0.423 e. The molecule has 0 unspecified atom stereocenters. The highest BCUT2D eigenvalue weighted by atomic mass is 35.5. The monoisotopic (exact) mass is 363 g/mol. The number of halogens is 1. The first-order valence-corrected chi connectivity index (χ1v) is 8.36. The van der Waals surface area contributed by atoms with E-state index in [1.165, 1.54) is 6.07 Å². The Labute approximate surface area is 152 Å². The van der Waals surface area contributed by atoms with Crippen LogP contribution in [0.4, 0.5) is 10.5 Å². The van der Waals surface area contributed by atoms with E-state index < -0.39 is 0 Å². The number of likely N-dealkylation sites (tertiary alicyclic amines) is 1. The fourth-order valence-corrected chi connectivity index (χ4v) is 3.89. The van der Waals surface area contributed by atoms with Gasteiger partial charge in [0.2, 0.25) is 0 Å². The maximum atomic E-state index is 12.7. The number of nitrogens with one attached hydrogen (secondary N) is 2. The highest BCUT2D eigenvalue weighted by Gasteiger charge is 2.39. The Morgan fingerprint density at radius 3 is 2.84 bits per heavy atom. The SMILES string of the molecule is Cc1cc2oc(=O)cc(C)c2cc1NC(=O)N1CC[C@H]2CNC[C@H]21.Cl. The van der Waals surface area contributed by atoms with Crippen molar-refractivity contribution in [1.82, 2.24) is 10.2 Å². The molecule has 0 radical (unpaired) electrons. The lowest BCUT2D eigenvalue weighted by atomic mass is 10.1. The summed E-state index contributed by atoms with van der Waals surface area (Å²) in [5.41, 5.74) is 2.69. The summed E-state index contributed by atoms with van der Waals surface area (Å²) in [4.78, 5) is 26.1. The molecule has 2 N–H and O–H groups in total. The number of fused-ring (bicyclic) bond motifs is 2. The van der Waals surface area contributed by atoms with Gasteiger partial charge < -0.3 is 20.0 Å². The molecule has 6 nitrogen and oxygen atoms in total. The van der Waals surface area contributed by atoms with Crippen LogP contribution in [0.2, 0.25) is 0 Å². The van der Waals surface area contributed by atoms with Crippen molar-refractivity contribution in [2.45, 2.75) is 26.3 Å². The number of hydrogen-bond donors (Lipinski definition) is 2. The molecule has 4 rings (SSSR count). The van der Waals surface area contributed by atoms with E-state index in [1.54, 1.807) is 0 Å². The van der Waals surface area contributed by atoms with Gasteiger partial charge in [0.15, 0.2) is 0 Å². The minimum atomic E-state index is -0.354. The van der Waals surface area contributed by atoms with Crippen molar-refractivity contribution in [2.24, 2.45) is 5.92 Å². The van der Waals surface area contributed by atoms with Crippen LogP contribution in [-0.2, 0) is 0 Å². The fourth-order valence-electron chi connectivity index (χ4n) is 3.89. The summed E-state index contributed by atoms with van der Waals surface area (Å²) in [5, 5.41) is 7.24. The van der Waals surface area contributed by atoms with Gasteiger partial charge in [-0.15, -0.1) is 12.4 Å². The number of nitrogens with zero attached hydrogens (tertiary/aromatic N) is 1. The Balaban J connectivity index is 0.00000182. The molecular formula is C18H22ClN3O3. The molecule has 7 heteroatoms. The van der Waals surface area contributed by atoms with E-state index in [0.717, 1.165) is 48.3 Å². The summed E-state index contributed by atoms with van der Waals surface area (Å²) in [5.74, 6) is 0.574. The van der Waals surface area contributed by atoms with E-state index in [-0.39, 0.29) is 24.1 Å². The van der Waals surface area contributed by atoms with Crippen molar-refractivity contribution >= 4 is 35.1 Å². The number of rotatable bonds is 1. The van der Waals surface area contributed by atoms with E-state index in [0.29, 0.717) is 17.5 Å². The average molecular weight is 364 g/mol. The van der Waals surface area contributed by atoms with Crippen molar-refractivity contribution in [3.63, 3.8) is 0 Å². The van der Waals surface area contributed by atoms with E-state index in [2.05, 4.69) is 10.6 Å². The third-order valence-corrected chi connectivity index (χ3v) is 5.24. The summed E-state index contributed by atoms with van der Waals surface area (Å²) in [6.45, 7) is 6.46. The normalized spacial score (nSPS) is 21.9. The van der Waals surface area contributed by atoms with Gasteiger partial charge in [0.1, 0.15) is 5.58 Å². The van der Waals surface area contributed by atoms with Crippen LogP contribution in [0.3, 0.4) is 0 Å². The number of hydrogen-bond acceptors (Lipinski definition) is 4. The molecule has 0 spiro atoms. The molecule has 2 aliphatic heterocycles. The predicted molar refractivity (Wildman–Crippen MR) is 99.7 cm³/mol. The van der Waals surface area contributed by atoms with E-state index >= 15 is 0 Å². The molecule has 134 valence electrons. The van der Waals surface area contributed by atoms with Crippen LogP contribution in [0.5, 0.6) is 0 Å². The van der Waals surface area contributed by atoms with Gasteiger partial charge in [-0.25, -0.2) is 9.59 Å². The third-order valence-electron chi connectivity index (χ3n) is 5.24. The first kappa shape index (κ1) is 17.8. The van der Waals surface area contributed by atoms with Crippen LogP contribution in [0.1, 0.15) is 17.5 Å². The molecule has 25 heavy (non-hydrogen) atoms. The molecular weight excluding hydrogens is 342 g/mol. The molecule has 1 aromatic heterocycles. The lowest BCUT2D eigenvalue weighted by Crippen LogP contribution is -2.41. The maximum Gasteiger partial charge on any atom is 0.336 e. The summed E-state index contributed by atoms with van der Waals surface area (Å²) in [6.07, 6.45) is 1.06. The summed E-state index contributed by atoms with van der Waals surface area (Å²) in [7, 11) is 0. The highest BCUT2D eigenvalue weighted by Crippen LogP contribution is 2.29. The number of aryl methyl sites for hydroxylation is 2. The van der Waals surface area contributed by atoms with Gasteiger partial charge in [-0.1, -0.05) is 0 Å². The standard InChI is InChI=1S/C18H21N3O3.ClH/c1-10-6-17(22)24-16-5-11(2)14(7-13(10)16)20-18(23)21-4-3-12-8-19-9-15(12)21;/h5-7,12,15,19H,3-4,8-9H2,1-2H3,(H,20,23);1H/t12-,15+;/m0./s1. The Kier molecular flexibility index (Phi) is 4.75. The van der Waals surface area contributed by atoms with Gasteiger partial charge in [-0.3, -0.25) is 0 Å². The number of urea groups is 1. The number of amides is 2. The molecule has 2 amide bonds. The van der Waals surface area contributed by atoms with Crippen molar-refractivity contribution < 1.29 is 9.21 Å². The molecule has 2 fully saturated rings. The predicted octanol–water partition coefficient (Wildman–Crippen LogP) is 2.66. The third kappa shape index (κ3) is 3.12. The van der Waals surface area contributed by atoms with Gasteiger partial charge in [0.25, 0.3) is 0 Å². The molecule has 0 saturated carbocycles. The Morgan fingerprint density at radius 2 is 2.04 bits per heavy atom. The van der Waals surface area contributed by atoms with Crippen LogP contribution in [0.25, 0.3) is 11.0 Å². The zero-order valence-corrected chi connectivity index (χ0v) is 15.1. The number of anilines is 1. The zero-order chi connectivity index (χ0) is 16.8.